The third kappa shape index (κ3) is 2.33. The normalized spacial score (nSPS) is 10.3. The molecule has 94 valence electrons. The molecule has 0 aliphatic rings. The highest BCUT2D eigenvalue weighted by Gasteiger charge is 2.19. The van der Waals surface area contributed by atoms with Gasteiger partial charge in [-0.2, -0.15) is 5.10 Å². The third-order valence-corrected chi connectivity index (χ3v) is 2.27. The number of nitrogens with zero attached hydrogens (tertiary/aromatic N) is 2. The van der Waals surface area contributed by atoms with Crippen molar-refractivity contribution < 1.29 is 19.4 Å². The number of para-hydroxylation sites is 1. The number of carboxylic acid groups (broad SMARTS) is 1. The second-order valence-corrected chi connectivity index (χ2v) is 3.47. The first-order chi connectivity index (χ1) is 8.74. The van der Waals surface area contributed by atoms with Crippen LogP contribution in [0.15, 0.2) is 36.5 Å². The van der Waals surface area contributed by atoms with Gasteiger partial charge in [0.1, 0.15) is 5.56 Å². The van der Waals surface area contributed by atoms with E-state index in [0.29, 0.717) is 0 Å². The van der Waals surface area contributed by atoms with Crippen LogP contribution in [0.5, 0.6) is 5.88 Å². The molecule has 2 aromatic rings. The van der Waals surface area contributed by atoms with Gasteiger partial charge in [0.05, 0.1) is 11.9 Å². The number of hydrogen-bond acceptors (Lipinski definition) is 4. The van der Waals surface area contributed by atoms with Crippen LogP contribution >= 0.6 is 0 Å². The third-order valence-electron chi connectivity index (χ3n) is 2.27. The van der Waals surface area contributed by atoms with Crippen LogP contribution in [0.25, 0.3) is 5.69 Å². The number of aromatic nitrogens is 2. The highest BCUT2D eigenvalue weighted by Crippen LogP contribution is 2.22. The number of ether oxygens (including phenoxy) is 2. The van der Waals surface area contributed by atoms with E-state index in [-0.39, 0.29) is 18.2 Å². The van der Waals surface area contributed by atoms with Crippen LogP contribution < -0.4 is 4.74 Å². The van der Waals surface area contributed by atoms with Crippen molar-refractivity contribution in [1.82, 2.24) is 9.78 Å². The summed E-state index contributed by atoms with van der Waals surface area (Å²) in [6.07, 6.45) is 1.25. The Bertz CT molecular complexity index is 536. The highest BCUT2D eigenvalue weighted by atomic mass is 16.7. The lowest BCUT2D eigenvalue weighted by molar-refractivity contribution is 0.0436. The maximum Gasteiger partial charge on any atom is 0.342 e. The molecule has 0 radical (unpaired) electrons. The molecule has 0 saturated carbocycles. The summed E-state index contributed by atoms with van der Waals surface area (Å²) in [7, 11) is 1.46. The van der Waals surface area contributed by atoms with Crippen LogP contribution in [0.1, 0.15) is 10.4 Å². The molecule has 6 heteroatoms. The quantitative estimate of drug-likeness (QED) is 0.813. The number of hydrogen-bond donors (Lipinski definition) is 1. The van der Waals surface area contributed by atoms with E-state index >= 15 is 0 Å². The molecular formula is C12H12N2O4. The van der Waals surface area contributed by atoms with Crippen molar-refractivity contribution in [3.63, 3.8) is 0 Å². The summed E-state index contributed by atoms with van der Waals surface area (Å²) in [5.41, 5.74) is 0.715. The van der Waals surface area contributed by atoms with Crippen LogP contribution in [-0.2, 0) is 4.74 Å². The van der Waals surface area contributed by atoms with Gasteiger partial charge in [-0.1, -0.05) is 18.2 Å². The first kappa shape index (κ1) is 12.1. The summed E-state index contributed by atoms with van der Waals surface area (Å²) in [5, 5.41) is 13.1. The Balaban J connectivity index is 2.44. The van der Waals surface area contributed by atoms with Gasteiger partial charge >= 0.3 is 5.97 Å². The molecule has 0 bridgehead atoms. The number of carboxylic acids is 1. The van der Waals surface area contributed by atoms with Gasteiger partial charge in [-0.15, -0.1) is 0 Å². The molecule has 6 nitrogen and oxygen atoms in total. The maximum absolute atomic E-state index is 11.1. The van der Waals surface area contributed by atoms with Crippen molar-refractivity contribution in [2.75, 3.05) is 13.9 Å². The predicted octanol–water partition coefficient (Wildman–Crippen LogP) is 1.55. The maximum atomic E-state index is 11.1. The van der Waals surface area contributed by atoms with E-state index in [2.05, 4.69) is 5.10 Å². The number of benzene rings is 1. The number of rotatable bonds is 5. The molecule has 0 aliphatic heterocycles. The smallest absolute Gasteiger partial charge is 0.342 e. The van der Waals surface area contributed by atoms with Gasteiger partial charge in [0, 0.05) is 7.11 Å². The fraction of sp³-hybridized carbons (Fsp3) is 0.167. The number of aromatic carboxylic acids is 1. The molecule has 18 heavy (non-hydrogen) atoms. The molecule has 0 unspecified atom stereocenters. The zero-order valence-electron chi connectivity index (χ0n) is 9.74. The standard InChI is InChI=1S/C12H12N2O4/c1-17-8-18-11-10(12(15)16)7-13-14(11)9-5-3-2-4-6-9/h2-7H,8H2,1H3,(H,15,16). The minimum atomic E-state index is -1.09. The summed E-state index contributed by atoms with van der Waals surface area (Å²) in [4.78, 5) is 11.1. The lowest BCUT2D eigenvalue weighted by atomic mass is 10.3. The molecule has 1 N–H and O–H groups in total. The van der Waals surface area contributed by atoms with Gasteiger partial charge < -0.3 is 14.6 Å². The Hall–Kier alpha value is -2.34. The molecular weight excluding hydrogens is 236 g/mol. The van der Waals surface area contributed by atoms with Crippen LogP contribution in [0.3, 0.4) is 0 Å². The van der Waals surface area contributed by atoms with Crippen molar-refractivity contribution in [2.24, 2.45) is 0 Å². The van der Waals surface area contributed by atoms with Gasteiger partial charge in [0.2, 0.25) is 5.88 Å². The molecule has 1 heterocycles. The fourth-order valence-electron chi connectivity index (χ4n) is 1.49. The molecule has 1 aromatic heterocycles. The van der Waals surface area contributed by atoms with E-state index in [4.69, 9.17) is 14.6 Å². The van der Waals surface area contributed by atoms with E-state index < -0.39 is 5.97 Å². The molecule has 0 aliphatic carbocycles. The molecule has 0 amide bonds. The average Bonchev–Trinajstić information content (AvgIpc) is 2.81. The van der Waals surface area contributed by atoms with Crippen LogP contribution in [0.2, 0.25) is 0 Å². The summed E-state index contributed by atoms with van der Waals surface area (Å²) in [6.45, 7) is -0.0429. The van der Waals surface area contributed by atoms with E-state index in [1.165, 1.54) is 18.0 Å². The Morgan fingerprint density at radius 2 is 2.11 bits per heavy atom. The first-order valence-corrected chi connectivity index (χ1v) is 5.22. The summed E-state index contributed by atoms with van der Waals surface area (Å²) in [5.74, 6) is -0.946. The average molecular weight is 248 g/mol. The van der Waals surface area contributed by atoms with Crippen molar-refractivity contribution in [3.05, 3.63) is 42.1 Å². The molecule has 0 fully saturated rings. The summed E-state index contributed by atoms with van der Waals surface area (Å²) < 4.78 is 11.5. The Morgan fingerprint density at radius 3 is 2.72 bits per heavy atom. The second-order valence-electron chi connectivity index (χ2n) is 3.47. The minimum absolute atomic E-state index is 0.00379. The number of methoxy groups -OCH3 is 1. The molecule has 1 aromatic carbocycles. The monoisotopic (exact) mass is 248 g/mol. The SMILES string of the molecule is COCOc1c(C(=O)O)cnn1-c1ccccc1. The van der Waals surface area contributed by atoms with E-state index in [9.17, 15) is 4.79 Å². The van der Waals surface area contributed by atoms with Gasteiger partial charge in [-0.05, 0) is 12.1 Å². The fourth-order valence-corrected chi connectivity index (χ4v) is 1.49. The lowest BCUT2D eigenvalue weighted by Crippen LogP contribution is -2.08. The minimum Gasteiger partial charge on any atom is -0.477 e. The zero-order chi connectivity index (χ0) is 13.0. The zero-order valence-corrected chi connectivity index (χ0v) is 9.74. The highest BCUT2D eigenvalue weighted by molar-refractivity contribution is 5.90. The second kappa shape index (κ2) is 5.33. The molecule has 0 spiro atoms. The van der Waals surface area contributed by atoms with Crippen molar-refractivity contribution >= 4 is 5.97 Å². The van der Waals surface area contributed by atoms with Crippen molar-refractivity contribution in [3.8, 4) is 11.6 Å². The lowest BCUT2D eigenvalue weighted by Gasteiger charge is -2.09. The molecule has 0 saturated heterocycles. The van der Waals surface area contributed by atoms with Crippen LogP contribution in [-0.4, -0.2) is 34.8 Å². The van der Waals surface area contributed by atoms with Gasteiger partial charge in [-0.3, -0.25) is 0 Å². The Morgan fingerprint density at radius 1 is 1.39 bits per heavy atom. The molecule has 2 rings (SSSR count). The van der Waals surface area contributed by atoms with Gasteiger partial charge in [0.15, 0.2) is 6.79 Å². The Labute approximate surface area is 103 Å². The van der Waals surface area contributed by atoms with Crippen molar-refractivity contribution in [1.29, 1.82) is 0 Å². The van der Waals surface area contributed by atoms with E-state index in [1.807, 2.05) is 18.2 Å². The predicted molar refractivity (Wildman–Crippen MR) is 63.0 cm³/mol. The summed E-state index contributed by atoms with van der Waals surface area (Å²) in [6, 6.07) is 9.13. The first-order valence-electron chi connectivity index (χ1n) is 5.22. The molecule has 0 atom stereocenters. The Kier molecular flexibility index (Phi) is 3.59. The van der Waals surface area contributed by atoms with Crippen LogP contribution in [0.4, 0.5) is 0 Å². The van der Waals surface area contributed by atoms with Gasteiger partial charge in [-0.25, -0.2) is 9.48 Å². The largest absolute Gasteiger partial charge is 0.477 e. The van der Waals surface area contributed by atoms with Crippen LogP contribution in [0, 0.1) is 0 Å². The van der Waals surface area contributed by atoms with E-state index in [0.717, 1.165) is 5.69 Å². The van der Waals surface area contributed by atoms with E-state index in [1.54, 1.807) is 12.1 Å². The summed E-state index contributed by atoms with van der Waals surface area (Å²) >= 11 is 0. The van der Waals surface area contributed by atoms with Gasteiger partial charge in [0.25, 0.3) is 0 Å². The topological polar surface area (TPSA) is 73.6 Å². The number of carbonyl (C=O) groups is 1. The van der Waals surface area contributed by atoms with Crippen molar-refractivity contribution in [2.45, 2.75) is 0 Å².